The van der Waals surface area contributed by atoms with Crippen molar-refractivity contribution in [1.82, 2.24) is 9.78 Å². The van der Waals surface area contributed by atoms with Gasteiger partial charge in [0, 0.05) is 6.20 Å². The van der Waals surface area contributed by atoms with E-state index in [0.29, 0.717) is 5.56 Å². The van der Waals surface area contributed by atoms with E-state index in [1.165, 1.54) is 6.20 Å². The second kappa shape index (κ2) is 2.57. The summed E-state index contributed by atoms with van der Waals surface area (Å²) in [6, 6.07) is 1.86. The lowest BCUT2D eigenvalue weighted by Gasteiger charge is -2.25. The summed E-state index contributed by atoms with van der Waals surface area (Å²) in [5, 5.41) is 12.4. The van der Waals surface area contributed by atoms with Crippen LogP contribution < -0.4 is 0 Å². The van der Waals surface area contributed by atoms with Crippen LogP contribution in [0.15, 0.2) is 12.4 Å². The topological polar surface area (TPSA) is 75.8 Å². The molecule has 68 valence electrons. The van der Waals surface area contributed by atoms with Crippen molar-refractivity contribution in [1.29, 1.82) is 5.26 Å². The van der Waals surface area contributed by atoms with Crippen LogP contribution in [-0.4, -0.2) is 29.7 Å². The maximum absolute atomic E-state index is 10.8. The number of nitriles is 1. The number of nitrogens with zero attached hydrogens (tertiary/aromatic N) is 3. The molecule has 0 N–H and O–H groups in total. The molecule has 0 spiro atoms. The first-order valence-electron chi connectivity index (χ1n) is 3.75. The zero-order chi connectivity index (χ0) is 9.47. The predicted molar refractivity (Wildman–Crippen MR) is 44.6 cm³/mol. The van der Waals surface area contributed by atoms with Crippen LogP contribution in [0.4, 0.5) is 0 Å². The molecule has 0 unspecified atom stereocenters. The minimum absolute atomic E-state index is 0.0768. The highest BCUT2D eigenvalue weighted by molar-refractivity contribution is 7.92. The fraction of sp³-hybridized carbons (Fsp3) is 0.429. The minimum Gasteiger partial charge on any atom is -0.266 e. The van der Waals surface area contributed by atoms with E-state index in [9.17, 15) is 8.42 Å². The average Bonchev–Trinajstić information content (AvgIpc) is 2.47. The third kappa shape index (κ3) is 1.42. The molecule has 1 aromatic rings. The van der Waals surface area contributed by atoms with Crippen LogP contribution in [0.5, 0.6) is 0 Å². The van der Waals surface area contributed by atoms with E-state index in [1.54, 1.807) is 10.9 Å². The van der Waals surface area contributed by atoms with Gasteiger partial charge in [0.2, 0.25) is 0 Å². The molecule has 0 bridgehead atoms. The number of hydrogen-bond donors (Lipinski definition) is 0. The standard InChI is InChI=1S/C7H7N3O2S/c8-1-6-2-9-10(3-6)7-4-13(11,12)5-7/h2-3,7H,4-5H2. The Kier molecular flexibility index (Phi) is 1.63. The zero-order valence-electron chi connectivity index (χ0n) is 6.71. The Hall–Kier alpha value is -1.35. The molecule has 1 fully saturated rings. The quantitative estimate of drug-likeness (QED) is 0.620. The molecule has 0 amide bonds. The first kappa shape index (κ1) is 8.26. The summed E-state index contributed by atoms with van der Waals surface area (Å²) in [5.41, 5.74) is 0.462. The molecule has 0 aliphatic carbocycles. The summed E-state index contributed by atoms with van der Waals surface area (Å²) in [6.45, 7) is 0. The third-order valence-corrected chi connectivity index (χ3v) is 3.78. The summed E-state index contributed by atoms with van der Waals surface area (Å²) in [6.07, 6.45) is 3.00. The lowest BCUT2D eigenvalue weighted by atomic mass is 10.3. The van der Waals surface area contributed by atoms with Crippen molar-refractivity contribution in [3.63, 3.8) is 0 Å². The van der Waals surface area contributed by atoms with Gasteiger partial charge in [-0.15, -0.1) is 0 Å². The van der Waals surface area contributed by atoms with Crippen LogP contribution in [0.1, 0.15) is 11.6 Å². The van der Waals surface area contributed by atoms with Crippen molar-refractivity contribution in [3.8, 4) is 6.07 Å². The van der Waals surface area contributed by atoms with E-state index >= 15 is 0 Å². The molecule has 13 heavy (non-hydrogen) atoms. The highest BCUT2D eigenvalue weighted by atomic mass is 32.2. The molecule has 0 radical (unpaired) electrons. The van der Waals surface area contributed by atoms with Crippen molar-refractivity contribution < 1.29 is 8.42 Å². The van der Waals surface area contributed by atoms with Crippen molar-refractivity contribution >= 4 is 9.84 Å². The van der Waals surface area contributed by atoms with Crippen LogP contribution in [0.2, 0.25) is 0 Å². The van der Waals surface area contributed by atoms with E-state index in [4.69, 9.17) is 5.26 Å². The molecule has 1 saturated heterocycles. The number of hydrogen-bond acceptors (Lipinski definition) is 4. The Morgan fingerprint density at radius 3 is 2.77 bits per heavy atom. The van der Waals surface area contributed by atoms with Gasteiger partial charge in [-0.25, -0.2) is 8.42 Å². The SMILES string of the molecule is N#Cc1cnn(C2CS(=O)(=O)C2)c1. The summed E-state index contributed by atoms with van der Waals surface area (Å²) >= 11 is 0. The van der Waals surface area contributed by atoms with Gasteiger partial charge in [-0.2, -0.15) is 10.4 Å². The molecule has 0 saturated carbocycles. The van der Waals surface area contributed by atoms with Crippen LogP contribution in [0, 0.1) is 11.3 Å². The maximum atomic E-state index is 10.8. The first-order valence-corrected chi connectivity index (χ1v) is 5.57. The summed E-state index contributed by atoms with van der Waals surface area (Å²) < 4.78 is 23.2. The lowest BCUT2D eigenvalue weighted by molar-refractivity contribution is 0.473. The van der Waals surface area contributed by atoms with E-state index in [1.807, 2.05) is 6.07 Å². The molecule has 2 rings (SSSR count). The van der Waals surface area contributed by atoms with Crippen LogP contribution >= 0.6 is 0 Å². The van der Waals surface area contributed by atoms with Crippen LogP contribution in [0.3, 0.4) is 0 Å². The fourth-order valence-electron chi connectivity index (χ4n) is 1.29. The van der Waals surface area contributed by atoms with Gasteiger partial charge < -0.3 is 0 Å². The fourth-order valence-corrected chi connectivity index (χ4v) is 2.67. The number of aromatic nitrogens is 2. The molecule has 1 aliphatic rings. The average molecular weight is 197 g/mol. The Bertz CT molecular complexity index is 456. The van der Waals surface area contributed by atoms with Gasteiger partial charge in [-0.1, -0.05) is 0 Å². The smallest absolute Gasteiger partial charge is 0.154 e. The van der Waals surface area contributed by atoms with E-state index in [-0.39, 0.29) is 17.5 Å². The van der Waals surface area contributed by atoms with Crippen LogP contribution in [-0.2, 0) is 9.84 Å². The van der Waals surface area contributed by atoms with Gasteiger partial charge in [-0.05, 0) is 0 Å². The van der Waals surface area contributed by atoms with Crippen LogP contribution in [0.25, 0.3) is 0 Å². The molecule has 1 aliphatic heterocycles. The Morgan fingerprint density at radius 2 is 2.31 bits per heavy atom. The molecule has 0 aromatic carbocycles. The highest BCUT2D eigenvalue weighted by Gasteiger charge is 2.35. The number of sulfone groups is 1. The first-order chi connectivity index (χ1) is 6.11. The summed E-state index contributed by atoms with van der Waals surface area (Å²) in [5.74, 6) is 0.277. The van der Waals surface area contributed by atoms with Gasteiger partial charge in [-0.3, -0.25) is 4.68 Å². The van der Waals surface area contributed by atoms with Crippen molar-refractivity contribution in [2.24, 2.45) is 0 Å². The Labute approximate surface area is 75.5 Å². The third-order valence-electron chi connectivity index (χ3n) is 2.00. The van der Waals surface area contributed by atoms with Crippen molar-refractivity contribution in [2.75, 3.05) is 11.5 Å². The molecule has 0 atom stereocenters. The highest BCUT2D eigenvalue weighted by Crippen LogP contribution is 2.22. The molecule has 6 heteroatoms. The molecule has 1 aromatic heterocycles. The molecular formula is C7H7N3O2S. The maximum Gasteiger partial charge on any atom is 0.154 e. The second-order valence-corrected chi connectivity index (χ2v) is 5.21. The molecular weight excluding hydrogens is 190 g/mol. The van der Waals surface area contributed by atoms with Crippen molar-refractivity contribution in [3.05, 3.63) is 18.0 Å². The van der Waals surface area contributed by atoms with Crippen molar-refractivity contribution in [2.45, 2.75) is 6.04 Å². The monoisotopic (exact) mass is 197 g/mol. The zero-order valence-corrected chi connectivity index (χ0v) is 7.53. The Morgan fingerprint density at radius 1 is 1.62 bits per heavy atom. The van der Waals surface area contributed by atoms with Gasteiger partial charge in [0.1, 0.15) is 6.07 Å². The Balaban J connectivity index is 2.17. The predicted octanol–water partition coefficient (Wildman–Crippen LogP) is -0.276. The summed E-state index contributed by atoms with van der Waals surface area (Å²) in [4.78, 5) is 0. The normalized spacial score (nSPS) is 20.5. The largest absolute Gasteiger partial charge is 0.266 e. The van der Waals surface area contributed by atoms with Gasteiger partial charge >= 0.3 is 0 Å². The van der Waals surface area contributed by atoms with Gasteiger partial charge in [0.05, 0.1) is 29.3 Å². The van der Waals surface area contributed by atoms with E-state index < -0.39 is 9.84 Å². The molecule has 5 nitrogen and oxygen atoms in total. The minimum atomic E-state index is -2.82. The lowest BCUT2D eigenvalue weighted by Crippen LogP contribution is -2.38. The number of rotatable bonds is 1. The van der Waals surface area contributed by atoms with Gasteiger partial charge in [0.15, 0.2) is 9.84 Å². The van der Waals surface area contributed by atoms with E-state index in [0.717, 1.165) is 0 Å². The molecule has 2 heterocycles. The van der Waals surface area contributed by atoms with Gasteiger partial charge in [0.25, 0.3) is 0 Å². The second-order valence-electron chi connectivity index (χ2n) is 3.05. The van der Waals surface area contributed by atoms with E-state index in [2.05, 4.69) is 5.10 Å². The summed E-state index contributed by atoms with van der Waals surface area (Å²) in [7, 11) is -2.82.